The first kappa shape index (κ1) is 101. The fourth-order valence-corrected chi connectivity index (χ4v) is 4.45. The standard InChI is InChI=1S/C5H13NO.C5H11N.C4H8N4.C4H7N3O.C4H11NO.C3H7N3O2.2C3H5N3.3C2H7N3.C2H3N3.C2H7N.C2H6.CH5N.CH2O2.H3N.2H2O/c1-3-6(2)4-5-7;1-2-4-6-5-3-1;1-8-3-4(2-5)6-7-8;1-7-2-4(3-8)5-6-7;1-2-6-4-3-5;7-3(8)2-1-4-6-5-2;2*1-6-3-2-4-5-6;4*1-2-4-5-3-1;1-3-2;2*1-2;2-1-3;;;/h7H,3-5H2,1-2H3;6H,1-5H2;3H,2,5H2,1H3;2,8H,3H2,1H3;2-5H2,1H3;2,4-6H,1H2,(H,7,8);2*2-3H,1H3;3*3-5H,1-2H2;1-2H,(H,3,4,5);3H,1-2H3;1-2H3;2H2,1H3;1H,(H,2,3);1H3;2*1H2. The number of rotatable bonds is 9. The average molecular weight is 1280 g/mol. The third kappa shape index (κ3) is 88.4. The molecule has 10 heterocycles. The number of hydrogen-bond donors (Lipinski definition) is 23. The molecule has 0 aromatic carbocycles. The van der Waals surface area contributed by atoms with Crippen molar-refractivity contribution in [2.45, 2.75) is 66.2 Å². The summed E-state index contributed by atoms with van der Waals surface area (Å²) in [5.41, 5.74) is 49.2. The number of nitrogens with one attached hydrogen (secondary N) is 15. The van der Waals surface area contributed by atoms with Gasteiger partial charge >= 0.3 is 5.97 Å². The lowest BCUT2D eigenvalue weighted by atomic mass is 10.2. The van der Waals surface area contributed by atoms with E-state index in [2.05, 4.69) is 150 Å². The largest absolute Gasteiger partial charge is 0.483 e. The van der Waals surface area contributed by atoms with E-state index in [1.54, 1.807) is 75.3 Å². The number of nitrogens with two attached hydrogens (primary N) is 3. The Labute approximate surface area is 518 Å². The number of aromatic nitrogens is 15. The number of aliphatic carboxylic acids is 1. The van der Waals surface area contributed by atoms with Gasteiger partial charge in [0.05, 0.1) is 56.5 Å². The van der Waals surface area contributed by atoms with E-state index in [9.17, 15) is 4.79 Å². The van der Waals surface area contributed by atoms with Crippen molar-refractivity contribution in [2.24, 2.45) is 45.4 Å². The number of aromatic amines is 1. The summed E-state index contributed by atoms with van der Waals surface area (Å²) in [6.07, 6.45) is 17.7. The van der Waals surface area contributed by atoms with Crippen LogP contribution in [0.3, 0.4) is 0 Å². The Balaban J connectivity index is -0.000000109. The molecule has 5 aliphatic heterocycles. The lowest BCUT2D eigenvalue weighted by Crippen LogP contribution is -2.37. The van der Waals surface area contributed by atoms with Crippen LogP contribution in [-0.4, -0.2) is 257 Å². The van der Waals surface area contributed by atoms with Crippen molar-refractivity contribution in [3.8, 4) is 0 Å². The summed E-state index contributed by atoms with van der Waals surface area (Å²) in [6, 6.07) is -0.491. The molecule has 43 heteroatoms. The van der Waals surface area contributed by atoms with E-state index in [1.165, 1.54) is 39.4 Å². The van der Waals surface area contributed by atoms with Crippen LogP contribution >= 0.6 is 0 Å². The third-order valence-corrected chi connectivity index (χ3v) is 8.38. The minimum atomic E-state index is -0.845. The highest BCUT2D eigenvalue weighted by atomic mass is 16.5. The van der Waals surface area contributed by atoms with Crippen LogP contribution in [0.5, 0.6) is 0 Å². The molecule has 0 saturated carbocycles. The molecule has 5 aromatic rings. The SMILES string of the molecule is C1CCNCC1.C1CNNN1.C1CNNN1.C1CNNN1.CC.CCN(C)CCO.CCOCCN.CN.CNC.Cn1cc(CN)nn1.Cn1cc(CO)nn1.Cn1ccnn1.Cn1ccnn1.N.O.O.O=C(O)C1CNNN1.O=CO.c1cn[nH]n1. The smallest absolute Gasteiger partial charge is 0.323 e. The second-order valence-electron chi connectivity index (χ2n) is 15.4. The second-order valence-corrected chi connectivity index (χ2v) is 15.4. The molecule has 1 unspecified atom stereocenters. The van der Waals surface area contributed by atoms with Crippen molar-refractivity contribution in [1.82, 2.24) is 163 Å². The molecule has 5 aromatic heterocycles. The number of aliphatic hydroxyl groups is 2. The number of piperidine rings is 1. The molecule has 0 bridgehead atoms. The van der Waals surface area contributed by atoms with E-state index in [0.29, 0.717) is 31.9 Å². The zero-order valence-electron chi connectivity index (χ0n) is 54.1. The zero-order valence-corrected chi connectivity index (χ0v) is 54.1. The van der Waals surface area contributed by atoms with E-state index < -0.39 is 12.0 Å². The molecule has 5 aliphatic rings. The minimum Gasteiger partial charge on any atom is -0.483 e. The maximum atomic E-state index is 10.1. The van der Waals surface area contributed by atoms with Crippen LogP contribution in [0.1, 0.15) is 58.3 Å². The summed E-state index contributed by atoms with van der Waals surface area (Å²) in [5, 5.41) is 76.1. The highest BCUT2D eigenvalue weighted by Crippen LogP contribution is 1.96. The molecule has 522 valence electrons. The number of hydrazine groups is 8. The number of hydrogen-bond acceptors (Lipinski definition) is 34. The predicted octanol–water partition coefficient (Wildman–Crippen LogP) is -8.81. The topological polar surface area (TPSA) is 636 Å². The van der Waals surface area contributed by atoms with E-state index in [0.717, 1.165) is 64.7 Å². The molecule has 1 atom stereocenters. The molecule has 43 nitrogen and oxygen atoms in total. The molecular weight excluding hydrogens is 1160 g/mol. The first-order valence-corrected chi connectivity index (χ1v) is 27.3. The van der Waals surface area contributed by atoms with Crippen LogP contribution in [-0.2, 0) is 55.7 Å². The van der Waals surface area contributed by atoms with Crippen LogP contribution in [0.4, 0.5) is 0 Å². The number of carboxylic acid groups (broad SMARTS) is 2. The quantitative estimate of drug-likeness (QED) is 0.0481. The summed E-state index contributed by atoms with van der Waals surface area (Å²) in [6.45, 7) is 21.5. The molecule has 5 fully saturated rings. The van der Waals surface area contributed by atoms with Gasteiger partial charge in [0, 0.05) is 119 Å². The van der Waals surface area contributed by atoms with Gasteiger partial charge in [-0.15, -0.1) is 20.4 Å². The fraction of sp³-hybridized carbons (Fsp3) is 0.733. The van der Waals surface area contributed by atoms with Crippen molar-refractivity contribution in [3.05, 3.63) is 61.0 Å². The van der Waals surface area contributed by atoms with Crippen molar-refractivity contribution in [1.29, 1.82) is 0 Å². The number of carboxylic acids is 1. The van der Waals surface area contributed by atoms with Gasteiger partial charge in [-0.2, -0.15) is 37.5 Å². The Hall–Kier alpha value is -6.32. The highest BCUT2D eigenvalue weighted by molar-refractivity contribution is 5.73. The van der Waals surface area contributed by atoms with Gasteiger partial charge in [0.1, 0.15) is 11.7 Å². The van der Waals surface area contributed by atoms with Gasteiger partial charge in [0.2, 0.25) is 0 Å². The number of carbonyl (C=O) groups is 2. The molecule has 32 N–H and O–H groups in total. The maximum absolute atomic E-state index is 10.1. The van der Waals surface area contributed by atoms with Gasteiger partial charge in [0.15, 0.2) is 0 Å². The van der Waals surface area contributed by atoms with Gasteiger partial charge in [-0.05, 0) is 67.6 Å². The average Bonchev–Trinajstić information content (AvgIpc) is 4.45. The summed E-state index contributed by atoms with van der Waals surface area (Å²) in [7, 11) is 14.5. The number of aliphatic hydroxyl groups excluding tert-OH is 2. The van der Waals surface area contributed by atoms with E-state index in [-0.39, 0.29) is 36.8 Å². The minimum absolute atomic E-state index is 0. The Kier molecular flexibility index (Phi) is 102. The Bertz CT molecular complexity index is 1720. The molecule has 10 rings (SSSR count). The van der Waals surface area contributed by atoms with Crippen LogP contribution in [0.15, 0.2) is 49.6 Å². The number of ether oxygens (including phenoxy) is 1. The molecule has 0 spiro atoms. The van der Waals surface area contributed by atoms with Crippen molar-refractivity contribution < 1.29 is 45.7 Å². The number of H-pyrrole nitrogens is 1. The van der Waals surface area contributed by atoms with Crippen LogP contribution in [0.25, 0.3) is 0 Å². The third-order valence-electron chi connectivity index (χ3n) is 8.38. The van der Waals surface area contributed by atoms with Gasteiger partial charge in [0.25, 0.3) is 6.47 Å². The van der Waals surface area contributed by atoms with Gasteiger partial charge in [-0.1, -0.05) is 48.0 Å². The number of likely N-dealkylation sites (N-methyl/N-ethyl adjacent to an activating group) is 1. The van der Waals surface area contributed by atoms with Gasteiger partial charge in [-0.3, -0.25) is 28.3 Å². The molecule has 5 saturated heterocycles. The Morgan fingerprint density at radius 3 is 1.25 bits per heavy atom. The molecule has 0 amide bonds. The fourth-order valence-electron chi connectivity index (χ4n) is 4.45. The number of aryl methyl sites for hydroxylation is 4. The van der Waals surface area contributed by atoms with Crippen molar-refractivity contribution >= 4 is 12.4 Å². The Morgan fingerprint density at radius 1 is 0.705 bits per heavy atom. The molecule has 0 radical (unpaired) electrons. The van der Waals surface area contributed by atoms with Crippen LogP contribution in [0.2, 0.25) is 0 Å². The Morgan fingerprint density at radius 2 is 1.12 bits per heavy atom. The van der Waals surface area contributed by atoms with Crippen LogP contribution < -0.4 is 99.5 Å². The van der Waals surface area contributed by atoms with E-state index >= 15 is 0 Å². The summed E-state index contributed by atoms with van der Waals surface area (Å²) in [5.74, 6) is -0.845. The van der Waals surface area contributed by atoms with E-state index in [1.807, 2.05) is 63.1 Å². The predicted molar refractivity (Wildman–Crippen MR) is 337 cm³/mol. The monoisotopic (exact) mass is 1280 g/mol. The lowest BCUT2D eigenvalue weighted by Gasteiger charge is -2.09. The number of nitrogens with zero attached hydrogens (tertiary/aromatic N) is 15. The second kappa shape index (κ2) is 89.4. The first-order chi connectivity index (χ1) is 41.3. The first-order valence-electron chi connectivity index (χ1n) is 27.3. The van der Waals surface area contributed by atoms with E-state index in [4.69, 9.17) is 41.4 Å². The molecule has 88 heavy (non-hydrogen) atoms. The van der Waals surface area contributed by atoms with Crippen molar-refractivity contribution in [2.75, 3.05) is 127 Å². The van der Waals surface area contributed by atoms with Gasteiger partial charge in [-0.25, -0.2) is 43.4 Å². The molecular formula is C45H118N34O9. The summed E-state index contributed by atoms with van der Waals surface area (Å²) < 4.78 is 11.3. The maximum Gasteiger partial charge on any atom is 0.323 e. The highest BCUT2D eigenvalue weighted by Gasteiger charge is 2.19. The summed E-state index contributed by atoms with van der Waals surface area (Å²) >= 11 is 0. The summed E-state index contributed by atoms with van der Waals surface area (Å²) in [4.78, 5) is 20.5. The van der Waals surface area contributed by atoms with Gasteiger partial charge < -0.3 is 75.0 Å². The molecule has 0 aliphatic carbocycles. The van der Waals surface area contributed by atoms with Crippen molar-refractivity contribution in [3.63, 3.8) is 0 Å². The lowest BCUT2D eigenvalue weighted by molar-refractivity contribution is -0.138. The zero-order chi connectivity index (χ0) is 65.1. The van der Waals surface area contributed by atoms with Crippen LogP contribution in [0, 0.1) is 0 Å². The normalized spacial score (nSPS) is 13.6.